The van der Waals surface area contributed by atoms with Crippen LogP contribution in [-0.4, -0.2) is 59.6 Å². The molecule has 1 amide bonds. The Bertz CT molecular complexity index is 425. The summed E-state index contributed by atoms with van der Waals surface area (Å²) < 4.78 is 0. The summed E-state index contributed by atoms with van der Waals surface area (Å²) in [4.78, 5) is 16.2. The van der Waals surface area contributed by atoms with E-state index in [9.17, 15) is 4.79 Å². The molecule has 1 aromatic rings. The molecule has 0 bridgehead atoms. The van der Waals surface area contributed by atoms with E-state index in [-0.39, 0.29) is 5.91 Å². The molecule has 0 radical (unpaired) electrons. The van der Waals surface area contributed by atoms with Crippen LogP contribution in [0.3, 0.4) is 0 Å². The highest BCUT2D eigenvalue weighted by Crippen LogP contribution is 2.17. The van der Waals surface area contributed by atoms with Crippen molar-refractivity contribution in [2.75, 3.05) is 39.5 Å². The highest BCUT2D eigenvalue weighted by atomic mass is 16.2. The van der Waals surface area contributed by atoms with Gasteiger partial charge >= 0.3 is 0 Å². The molecule has 0 atom stereocenters. The van der Waals surface area contributed by atoms with Crippen molar-refractivity contribution in [2.24, 2.45) is 5.92 Å². The molecule has 2 N–H and O–H groups in total. The van der Waals surface area contributed by atoms with E-state index < -0.39 is 0 Å². The molecular formula is C13H21N5O. The number of likely N-dealkylation sites (tertiary alicyclic amines) is 1. The minimum absolute atomic E-state index is 0.0913. The van der Waals surface area contributed by atoms with Gasteiger partial charge in [0.05, 0.1) is 0 Å². The fraction of sp³-hybridized carbons (Fsp3) is 0.615. The SMILES string of the molecule is CN1CCC(CN(C)C(=O)c2ccc(N)nn2)CC1. The van der Waals surface area contributed by atoms with Gasteiger partial charge in [-0.1, -0.05) is 0 Å². The maximum absolute atomic E-state index is 12.2. The number of nitrogens with zero attached hydrogens (tertiary/aromatic N) is 4. The van der Waals surface area contributed by atoms with Crippen LogP contribution in [0.5, 0.6) is 0 Å². The summed E-state index contributed by atoms with van der Waals surface area (Å²) >= 11 is 0. The van der Waals surface area contributed by atoms with Crippen LogP contribution in [0.4, 0.5) is 5.82 Å². The average Bonchev–Trinajstić information content (AvgIpc) is 2.41. The summed E-state index contributed by atoms with van der Waals surface area (Å²) in [5, 5.41) is 7.54. The number of nitrogen functional groups attached to an aromatic ring is 1. The maximum Gasteiger partial charge on any atom is 0.274 e. The lowest BCUT2D eigenvalue weighted by molar-refractivity contribution is 0.0740. The Hall–Kier alpha value is -1.69. The van der Waals surface area contributed by atoms with E-state index in [1.165, 1.54) is 0 Å². The Kier molecular flexibility index (Phi) is 4.31. The molecule has 0 saturated carbocycles. The quantitative estimate of drug-likeness (QED) is 0.858. The molecule has 2 rings (SSSR count). The zero-order valence-electron chi connectivity index (χ0n) is 11.5. The molecule has 104 valence electrons. The van der Waals surface area contributed by atoms with Crippen molar-refractivity contribution in [3.63, 3.8) is 0 Å². The van der Waals surface area contributed by atoms with Crippen molar-refractivity contribution < 1.29 is 4.79 Å². The number of aromatic nitrogens is 2. The van der Waals surface area contributed by atoms with Gasteiger partial charge in [-0.05, 0) is 51.0 Å². The van der Waals surface area contributed by atoms with Gasteiger partial charge in [-0.2, -0.15) is 0 Å². The number of carbonyl (C=O) groups is 1. The number of rotatable bonds is 3. The molecular weight excluding hydrogens is 242 g/mol. The van der Waals surface area contributed by atoms with E-state index in [0.29, 0.717) is 17.4 Å². The molecule has 1 fully saturated rings. The number of amides is 1. The lowest BCUT2D eigenvalue weighted by Gasteiger charge is -2.31. The molecule has 6 heteroatoms. The monoisotopic (exact) mass is 263 g/mol. The Labute approximate surface area is 113 Å². The van der Waals surface area contributed by atoms with Crippen molar-refractivity contribution in [3.8, 4) is 0 Å². The van der Waals surface area contributed by atoms with Gasteiger partial charge in [-0.25, -0.2) is 0 Å². The molecule has 0 aliphatic carbocycles. The minimum Gasteiger partial charge on any atom is -0.382 e. The zero-order valence-corrected chi connectivity index (χ0v) is 11.5. The smallest absolute Gasteiger partial charge is 0.274 e. The van der Waals surface area contributed by atoms with Crippen LogP contribution in [0.1, 0.15) is 23.3 Å². The second-order valence-corrected chi connectivity index (χ2v) is 5.28. The molecule has 2 heterocycles. The first-order valence-corrected chi connectivity index (χ1v) is 6.59. The first kappa shape index (κ1) is 13.7. The van der Waals surface area contributed by atoms with Gasteiger partial charge in [0.1, 0.15) is 5.82 Å². The summed E-state index contributed by atoms with van der Waals surface area (Å²) in [7, 11) is 3.95. The first-order chi connectivity index (χ1) is 9.06. The zero-order chi connectivity index (χ0) is 13.8. The van der Waals surface area contributed by atoms with Crippen molar-refractivity contribution in [1.82, 2.24) is 20.0 Å². The fourth-order valence-corrected chi connectivity index (χ4v) is 2.37. The minimum atomic E-state index is -0.0913. The second kappa shape index (κ2) is 5.97. The third kappa shape index (κ3) is 3.64. The predicted molar refractivity (Wildman–Crippen MR) is 73.6 cm³/mol. The average molecular weight is 263 g/mol. The normalized spacial score (nSPS) is 17.4. The summed E-state index contributed by atoms with van der Waals surface area (Å²) in [6.45, 7) is 2.99. The summed E-state index contributed by atoms with van der Waals surface area (Å²) in [5.41, 5.74) is 5.81. The van der Waals surface area contributed by atoms with E-state index in [2.05, 4.69) is 22.1 Å². The van der Waals surface area contributed by atoms with Gasteiger partial charge in [-0.15, -0.1) is 10.2 Å². The largest absolute Gasteiger partial charge is 0.382 e. The maximum atomic E-state index is 12.2. The van der Waals surface area contributed by atoms with Crippen LogP contribution in [0, 0.1) is 5.92 Å². The van der Waals surface area contributed by atoms with Crippen LogP contribution in [0.25, 0.3) is 0 Å². The number of nitrogens with two attached hydrogens (primary N) is 1. The lowest BCUT2D eigenvalue weighted by atomic mass is 9.96. The van der Waals surface area contributed by atoms with Crippen LogP contribution >= 0.6 is 0 Å². The van der Waals surface area contributed by atoms with Gasteiger partial charge in [0.25, 0.3) is 5.91 Å². The second-order valence-electron chi connectivity index (χ2n) is 5.28. The Morgan fingerprint density at radius 2 is 2.11 bits per heavy atom. The fourth-order valence-electron chi connectivity index (χ4n) is 2.37. The van der Waals surface area contributed by atoms with Crippen LogP contribution in [0.15, 0.2) is 12.1 Å². The molecule has 0 unspecified atom stereocenters. The van der Waals surface area contributed by atoms with E-state index in [1.54, 1.807) is 17.0 Å². The summed E-state index contributed by atoms with van der Waals surface area (Å²) in [5.74, 6) is 0.813. The number of anilines is 1. The Morgan fingerprint density at radius 3 is 2.68 bits per heavy atom. The molecule has 1 aliphatic heterocycles. The highest BCUT2D eigenvalue weighted by Gasteiger charge is 2.21. The van der Waals surface area contributed by atoms with Gasteiger partial charge in [0, 0.05) is 13.6 Å². The van der Waals surface area contributed by atoms with Gasteiger partial charge in [-0.3, -0.25) is 4.79 Å². The van der Waals surface area contributed by atoms with E-state index in [0.717, 1.165) is 32.5 Å². The van der Waals surface area contributed by atoms with E-state index in [4.69, 9.17) is 5.73 Å². The standard InChI is InChI=1S/C13H21N5O/c1-17-7-5-10(6-8-17)9-18(2)13(19)11-3-4-12(14)16-15-11/h3-4,10H,5-9H2,1-2H3,(H2,14,16). The molecule has 1 aromatic heterocycles. The van der Waals surface area contributed by atoms with Gasteiger partial charge in [0.15, 0.2) is 5.69 Å². The molecule has 19 heavy (non-hydrogen) atoms. The number of hydrogen-bond donors (Lipinski definition) is 1. The van der Waals surface area contributed by atoms with Crippen LogP contribution in [-0.2, 0) is 0 Å². The topological polar surface area (TPSA) is 75.3 Å². The van der Waals surface area contributed by atoms with Crippen molar-refractivity contribution in [3.05, 3.63) is 17.8 Å². The molecule has 0 aromatic carbocycles. The predicted octanol–water partition coefficient (Wildman–Crippen LogP) is 0.473. The van der Waals surface area contributed by atoms with Gasteiger partial charge < -0.3 is 15.5 Å². The third-order valence-electron chi connectivity index (χ3n) is 3.62. The summed E-state index contributed by atoms with van der Waals surface area (Å²) in [6.07, 6.45) is 2.28. The summed E-state index contributed by atoms with van der Waals surface area (Å²) in [6, 6.07) is 3.22. The molecule has 0 spiro atoms. The van der Waals surface area contributed by atoms with Crippen LogP contribution in [0.2, 0.25) is 0 Å². The highest BCUT2D eigenvalue weighted by molar-refractivity contribution is 5.92. The Morgan fingerprint density at radius 1 is 1.42 bits per heavy atom. The van der Waals surface area contributed by atoms with E-state index in [1.807, 2.05) is 7.05 Å². The molecule has 1 aliphatic rings. The molecule has 6 nitrogen and oxygen atoms in total. The molecule has 1 saturated heterocycles. The van der Waals surface area contributed by atoms with Crippen molar-refractivity contribution >= 4 is 11.7 Å². The van der Waals surface area contributed by atoms with E-state index >= 15 is 0 Å². The lowest BCUT2D eigenvalue weighted by Crippen LogP contribution is -2.38. The number of piperidine rings is 1. The van der Waals surface area contributed by atoms with Crippen molar-refractivity contribution in [1.29, 1.82) is 0 Å². The van der Waals surface area contributed by atoms with Crippen LogP contribution < -0.4 is 5.73 Å². The van der Waals surface area contributed by atoms with Crippen molar-refractivity contribution in [2.45, 2.75) is 12.8 Å². The Balaban J connectivity index is 1.90. The first-order valence-electron chi connectivity index (χ1n) is 6.59. The van der Waals surface area contributed by atoms with Gasteiger partial charge in [0.2, 0.25) is 0 Å². The number of carbonyl (C=O) groups excluding carboxylic acids is 1. The third-order valence-corrected chi connectivity index (χ3v) is 3.62. The number of hydrogen-bond acceptors (Lipinski definition) is 5.